The van der Waals surface area contributed by atoms with Gasteiger partial charge in [0, 0.05) is 31.9 Å². The van der Waals surface area contributed by atoms with E-state index in [9.17, 15) is 9.59 Å². The third kappa shape index (κ3) is 5.02. The van der Waals surface area contributed by atoms with Gasteiger partial charge >= 0.3 is 0 Å². The third-order valence-corrected chi connectivity index (χ3v) is 5.08. The van der Waals surface area contributed by atoms with E-state index in [-0.39, 0.29) is 11.8 Å². The molecule has 2 aromatic rings. The molecule has 0 aliphatic carbocycles. The topological polar surface area (TPSA) is 53.8 Å². The summed E-state index contributed by atoms with van der Waals surface area (Å²) in [5.74, 6) is 1.64. The van der Waals surface area contributed by atoms with Crippen LogP contribution in [-0.4, -0.2) is 59.3 Å². The number of carbonyl (C=O) groups excluding carboxylic acids is 2. The number of piperazine rings is 1. The lowest BCUT2D eigenvalue weighted by atomic mass is 10.2. The normalized spacial score (nSPS) is 14.8. The van der Waals surface area contributed by atoms with Crippen LogP contribution in [0.15, 0.2) is 59.2 Å². The molecule has 0 unspecified atom stereocenters. The molecule has 1 aromatic heterocycles. The van der Waals surface area contributed by atoms with Crippen LogP contribution in [0, 0.1) is 0 Å². The molecular formula is C20H22N2O3S. The van der Waals surface area contributed by atoms with E-state index in [1.54, 1.807) is 28.8 Å². The van der Waals surface area contributed by atoms with Crippen molar-refractivity contribution in [3.8, 4) is 0 Å². The van der Waals surface area contributed by atoms with Crippen molar-refractivity contribution in [3.63, 3.8) is 0 Å². The van der Waals surface area contributed by atoms with Crippen LogP contribution in [0.2, 0.25) is 0 Å². The summed E-state index contributed by atoms with van der Waals surface area (Å²) in [6, 6.07) is 13.5. The average molecular weight is 370 g/mol. The second kappa shape index (κ2) is 9.29. The van der Waals surface area contributed by atoms with Crippen LogP contribution in [0.25, 0.3) is 6.08 Å². The molecule has 1 saturated heterocycles. The van der Waals surface area contributed by atoms with Gasteiger partial charge in [0.05, 0.1) is 12.0 Å². The molecule has 5 nitrogen and oxygen atoms in total. The lowest BCUT2D eigenvalue weighted by Gasteiger charge is -2.34. The van der Waals surface area contributed by atoms with Gasteiger partial charge in [-0.05, 0) is 17.7 Å². The maximum atomic E-state index is 12.3. The molecule has 0 radical (unpaired) electrons. The molecular weight excluding hydrogens is 348 g/mol. The van der Waals surface area contributed by atoms with Crippen molar-refractivity contribution in [2.75, 3.05) is 37.7 Å². The fourth-order valence-electron chi connectivity index (χ4n) is 2.77. The predicted molar refractivity (Wildman–Crippen MR) is 104 cm³/mol. The molecule has 2 heterocycles. The van der Waals surface area contributed by atoms with Crippen LogP contribution >= 0.6 is 11.8 Å². The Balaban J connectivity index is 1.36. The first-order chi connectivity index (χ1) is 12.7. The number of furan rings is 1. The van der Waals surface area contributed by atoms with Gasteiger partial charge < -0.3 is 14.2 Å². The van der Waals surface area contributed by atoms with E-state index in [0.29, 0.717) is 37.7 Å². The zero-order valence-corrected chi connectivity index (χ0v) is 15.4. The number of rotatable bonds is 6. The monoisotopic (exact) mass is 370 g/mol. The van der Waals surface area contributed by atoms with Gasteiger partial charge in [0.25, 0.3) is 5.91 Å². The average Bonchev–Trinajstić information content (AvgIpc) is 3.23. The minimum atomic E-state index is -0.109. The van der Waals surface area contributed by atoms with Crippen molar-refractivity contribution in [1.82, 2.24) is 9.80 Å². The molecule has 0 N–H and O–H groups in total. The highest BCUT2D eigenvalue weighted by Gasteiger charge is 2.25. The number of hydrogen-bond donors (Lipinski definition) is 0. The molecule has 1 fully saturated rings. The molecule has 2 amide bonds. The molecule has 3 rings (SSSR count). The summed E-state index contributed by atoms with van der Waals surface area (Å²) in [4.78, 5) is 28.1. The Hall–Kier alpha value is -2.47. The maximum absolute atomic E-state index is 12.3. The van der Waals surface area contributed by atoms with Crippen LogP contribution in [0.5, 0.6) is 0 Å². The summed E-state index contributed by atoms with van der Waals surface area (Å²) in [5, 5.41) is 0. The molecule has 0 spiro atoms. The molecule has 0 saturated carbocycles. The van der Waals surface area contributed by atoms with Crippen molar-refractivity contribution < 1.29 is 14.0 Å². The first kappa shape index (κ1) is 18.3. The highest BCUT2D eigenvalue weighted by molar-refractivity contribution is 8.00. The van der Waals surface area contributed by atoms with Gasteiger partial charge in [-0.1, -0.05) is 42.5 Å². The number of carbonyl (C=O) groups is 2. The largest absolute Gasteiger partial charge is 0.459 e. The number of benzene rings is 1. The highest BCUT2D eigenvalue weighted by Crippen LogP contribution is 2.11. The van der Waals surface area contributed by atoms with Gasteiger partial charge in [0.2, 0.25) is 5.91 Å². The number of thioether (sulfide) groups is 1. The summed E-state index contributed by atoms with van der Waals surface area (Å²) in [5.41, 5.74) is 1.16. The summed E-state index contributed by atoms with van der Waals surface area (Å²) in [6.07, 6.45) is 5.64. The Bertz CT molecular complexity index is 736. The first-order valence-corrected chi connectivity index (χ1v) is 9.79. The van der Waals surface area contributed by atoms with Gasteiger partial charge in [-0.25, -0.2) is 0 Å². The molecule has 6 heteroatoms. The van der Waals surface area contributed by atoms with Crippen LogP contribution in [0.1, 0.15) is 16.1 Å². The first-order valence-electron chi connectivity index (χ1n) is 8.64. The lowest BCUT2D eigenvalue weighted by Crippen LogP contribution is -2.51. The van der Waals surface area contributed by atoms with Gasteiger partial charge in [-0.15, -0.1) is 11.8 Å². The van der Waals surface area contributed by atoms with Crippen molar-refractivity contribution in [2.24, 2.45) is 0 Å². The quantitative estimate of drug-likeness (QED) is 0.734. The molecule has 136 valence electrons. The van der Waals surface area contributed by atoms with Gasteiger partial charge in [-0.2, -0.15) is 0 Å². The minimum Gasteiger partial charge on any atom is -0.459 e. The van der Waals surface area contributed by atoms with Crippen LogP contribution < -0.4 is 0 Å². The van der Waals surface area contributed by atoms with Crippen LogP contribution in [0.3, 0.4) is 0 Å². The Morgan fingerprint density at radius 3 is 2.42 bits per heavy atom. The summed E-state index contributed by atoms with van der Waals surface area (Å²) in [7, 11) is 0. The lowest BCUT2D eigenvalue weighted by molar-refractivity contribution is -0.129. The van der Waals surface area contributed by atoms with E-state index in [0.717, 1.165) is 11.3 Å². The Labute approximate surface area is 157 Å². The summed E-state index contributed by atoms with van der Waals surface area (Å²) in [6.45, 7) is 2.24. The van der Waals surface area contributed by atoms with E-state index in [4.69, 9.17) is 4.42 Å². The fourth-order valence-corrected chi connectivity index (χ4v) is 3.48. The summed E-state index contributed by atoms with van der Waals surface area (Å²) < 4.78 is 5.15. The zero-order chi connectivity index (χ0) is 18.2. The summed E-state index contributed by atoms with van der Waals surface area (Å²) >= 11 is 1.61. The third-order valence-electron chi connectivity index (χ3n) is 4.20. The predicted octanol–water partition coefficient (Wildman–Crippen LogP) is 3.01. The van der Waals surface area contributed by atoms with Crippen molar-refractivity contribution in [3.05, 3.63) is 66.1 Å². The molecule has 1 aliphatic rings. The van der Waals surface area contributed by atoms with E-state index in [2.05, 4.69) is 24.3 Å². The fraction of sp³-hybridized carbons (Fsp3) is 0.300. The van der Waals surface area contributed by atoms with Crippen molar-refractivity contribution in [2.45, 2.75) is 0 Å². The minimum absolute atomic E-state index is 0.109. The maximum Gasteiger partial charge on any atom is 0.289 e. The van der Waals surface area contributed by atoms with E-state index < -0.39 is 0 Å². The second-order valence-corrected chi connectivity index (χ2v) is 7.01. The molecule has 1 aromatic carbocycles. The Morgan fingerprint density at radius 1 is 1.00 bits per heavy atom. The highest BCUT2D eigenvalue weighted by atomic mass is 32.2. The van der Waals surface area contributed by atoms with Crippen molar-refractivity contribution >= 4 is 29.7 Å². The van der Waals surface area contributed by atoms with E-state index >= 15 is 0 Å². The van der Waals surface area contributed by atoms with Gasteiger partial charge in [0.15, 0.2) is 5.76 Å². The number of nitrogens with zero attached hydrogens (tertiary/aromatic N) is 2. The van der Waals surface area contributed by atoms with Crippen LogP contribution in [-0.2, 0) is 4.79 Å². The molecule has 1 aliphatic heterocycles. The second-order valence-electron chi connectivity index (χ2n) is 5.98. The standard InChI is InChI=1S/C20H22N2O3S/c23-19(16-26-15-5-8-17-6-2-1-3-7-17)21-10-12-22(13-11-21)20(24)18-9-4-14-25-18/h1-9,14H,10-13,15-16H2. The zero-order valence-electron chi connectivity index (χ0n) is 14.5. The van der Waals surface area contributed by atoms with Gasteiger partial charge in [0.1, 0.15) is 0 Å². The van der Waals surface area contributed by atoms with Gasteiger partial charge in [-0.3, -0.25) is 9.59 Å². The molecule has 0 atom stereocenters. The molecule has 26 heavy (non-hydrogen) atoms. The SMILES string of the molecule is O=C(CSCC=Cc1ccccc1)N1CCN(C(=O)c2ccco2)CC1. The van der Waals surface area contributed by atoms with Crippen molar-refractivity contribution in [1.29, 1.82) is 0 Å². The number of hydrogen-bond acceptors (Lipinski definition) is 4. The van der Waals surface area contributed by atoms with Crippen LogP contribution in [0.4, 0.5) is 0 Å². The van der Waals surface area contributed by atoms with E-state index in [1.807, 2.05) is 23.1 Å². The smallest absolute Gasteiger partial charge is 0.289 e. The number of amides is 2. The molecule has 0 bridgehead atoms. The Kier molecular flexibility index (Phi) is 6.55. The van der Waals surface area contributed by atoms with E-state index in [1.165, 1.54) is 6.26 Å². The Morgan fingerprint density at radius 2 is 1.73 bits per heavy atom.